The molecule has 0 saturated heterocycles. The number of hydrogen-bond donors (Lipinski definition) is 1. The summed E-state index contributed by atoms with van der Waals surface area (Å²) in [6, 6.07) is 3.65. The summed E-state index contributed by atoms with van der Waals surface area (Å²) >= 11 is 1.52. The molecule has 6 heteroatoms. The van der Waals surface area contributed by atoms with Crippen molar-refractivity contribution >= 4 is 27.4 Å². The fourth-order valence-corrected chi connectivity index (χ4v) is 2.16. The van der Waals surface area contributed by atoms with Gasteiger partial charge in [-0.05, 0) is 17.5 Å². The third-order valence-corrected chi connectivity index (χ3v) is 2.93. The molecule has 16 heavy (non-hydrogen) atoms. The van der Waals surface area contributed by atoms with Crippen LogP contribution in [-0.2, 0) is 0 Å². The van der Waals surface area contributed by atoms with Gasteiger partial charge in [-0.25, -0.2) is 19.9 Å². The monoisotopic (exact) mass is 229 g/mol. The van der Waals surface area contributed by atoms with E-state index in [9.17, 15) is 0 Å². The van der Waals surface area contributed by atoms with Crippen LogP contribution in [0.4, 0.5) is 5.82 Å². The van der Waals surface area contributed by atoms with Crippen molar-refractivity contribution in [2.45, 2.75) is 0 Å². The van der Waals surface area contributed by atoms with E-state index in [-0.39, 0.29) is 0 Å². The van der Waals surface area contributed by atoms with E-state index in [0.717, 1.165) is 10.2 Å². The lowest BCUT2D eigenvalue weighted by Gasteiger charge is -2.00. The van der Waals surface area contributed by atoms with E-state index in [1.807, 2.05) is 11.4 Å². The lowest BCUT2D eigenvalue weighted by molar-refractivity contribution is 1.10. The largest absolute Gasteiger partial charge is 0.383 e. The smallest absolute Gasteiger partial charge is 0.201 e. The highest BCUT2D eigenvalue weighted by Crippen LogP contribution is 2.24. The minimum Gasteiger partial charge on any atom is -0.383 e. The molecule has 5 nitrogen and oxygen atoms in total. The fraction of sp³-hybridized carbons (Fsp3) is 0. The first-order chi connectivity index (χ1) is 7.84. The molecule has 0 radical (unpaired) electrons. The molecule has 3 heterocycles. The van der Waals surface area contributed by atoms with Crippen LogP contribution in [-0.4, -0.2) is 19.9 Å². The highest BCUT2D eigenvalue weighted by Gasteiger charge is 2.09. The Morgan fingerprint density at radius 3 is 2.69 bits per heavy atom. The van der Waals surface area contributed by atoms with Gasteiger partial charge in [0, 0.05) is 12.4 Å². The standard InChI is InChI=1S/C10H7N5S/c11-7-6-2-5-16-10(6)15-9(14-7)8-12-3-1-4-13-8/h1-5H,(H2,11,14,15). The van der Waals surface area contributed by atoms with Gasteiger partial charge in [0.2, 0.25) is 5.82 Å². The molecule has 0 amide bonds. The Kier molecular flexibility index (Phi) is 2.00. The zero-order valence-corrected chi connectivity index (χ0v) is 8.98. The van der Waals surface area contributed by atoms with Crippen molar-refractivity contribution in [2.75, 3.05) is 5.73 Å². The van der Waals surface area contributed by atoms with Gasteiger partial charge in [0.1, 0.15) is 10.6 Å². The molecule has 3 aromatic heterocycles. The second-order valence-electron chi connectivity index (χ2n) is 3.14. The molecular weight excluding hydrogens is 222 g/mol. The molecule has 0 spiro atoms. The van der Waals surface area contributed by atoms with Crippen LogP contribution >= 0.6 is 11.3 Å². The van der Waals surface area contributed by atoms with Gasteiger partial charge in [-0.1, -0.05) is 0 Å². The minimum absolute atomic E-state index is 0.466. The SMILES string of the molecule is Nc1nc(-c2ncccn2)nc2sccc12. The number of thiophene rings is 1. The average Bonchev–Trinajstić information content (AvgIpc) is 2.79. The number of aromatic nitrogens is 4. The molecule has 0 unspecified atom stereocenters. The Morgan fingerprint density at radius 1 is 1.06 bits per heavy atom. The molecule has 78 valence electrons. The highest BCUT2D eigenvalue weighted by molar-refractivity contribution is 7.16. The van der Waals surface area contributed by atoms with E-state index in [1.54, 1.807) is 18.5 Å². The number of nitrogen functional groups attached to an aromatic ring is 1. The second kappa shape index (κ2) is 3.49. The van der Waals surface area contributed by atoms with E-state index in [1.165, 1.54) is 11.3 Å². The van der Waals surface area contributed by atoms with Crippen molar-refractivity contribution in [1.29, 1.82) is 0 Å². The molecule has 0 aliphatic rings. The molecule has 3 aromatic rings. The van der Waals surface area contributed by atoms with Gasteiger partial charge >= 0.3 is 0 Å². The lowest BCUT2D eigenvalue weighted by atomic mass is 10.4. The first-order valence-electron chi connectivity index (χ1n) is 4.63. The van der Waals surface area contributed by atoms with E-state index in [4.69, 9.17) is 5.73 Å². The molecule has 0 bridgehead atoms. The van der Waals surface area contributed by atoms with Gasteiger partial charge in [0.25, 0.3) is 0 Å². The molecule has 0 aliphatic heterocycles. The number of nitrogens with zero attached hydrogens (tertiary/aromatic N) is 4. The Morgan fingerprint density at radius 2 is 1.88 bits per heavy atom. The first kappa shape index (κ1) is 9.17. The van der Waals surface area contributed by atoms with Gasteiger partial charge in [-0.15, -0.1) is 11.3 Å². The van der Waals surface area contributed by atoms with Gasteiger partial charge in [-0.3, -0.25) is 0 Å². The quantitative estimate of drug-likeness (QED) is 0.687. The zero-order valence-electron chi connectivity index (χ0n) is 8.16. The van der Waals surface area contributed by atoms with Crippen LogP contribution in [0.2, 0.25) is 0 Å². The van der Waals surface area contributed by atoms with E-state index >= 15 is 0 Å². The summed E-state index contributed by atoms with van der Waals surface area (Å²) < 4.78 is 0. The Labute approximate surface area is 95.0 Å². The van der Waals surface area contributed by atoms with Crippen LogP contribution in [0.5, 0.6) is 0 Å². The summed E-state index contributed by atoms with van der Waals surface area (Å²) in [5.41, 5.74) is 5.84. The molecule has 0 fully saturated rings. The summed E-state index contributed by atoms with van der Waals surface area (Å²) in [7, 11) is 0. The van der Waals surface area contributed by atoms with E-state index in [0.29, 0.717) is 17.5 Å². The first-order valence-corrected chi connectivity index (χ1v) is 5.50. The summed E-state index contributed by atoms with van der Waals surface area (Å²) in [5.74, 6) is 1.42. The number of hydrogen-bond acceptors (Lipinski definition) is 6. The third-order valence-electron chi connectivity index (χ3n) is 2.12. The van der Waals surface area contributed by atoms with Crippen molar-refractivity contribution in [3.8, 4) is 11.6 Å². The molecule has 3 rings (SSSR count). The van der Waals surface area contributed by atoms with Gasteiger partial charge in [0.05, 0.1) is 5.39 Å². The van der Waals surface area contributed by atoms with Crippen molar-refractivity contribution in [1.82, 2.24) is 19.9 Å². The Bertz CT molecular complexity index is 634. The van der Waals surface area contributed by atoms with Crippen LogP contribution in [0.15, 0.2) is 29.9 Å². The van der Waals surface area contributed by atoms with Crippen molar-refractivity contribution in [3.05, 3.63) is 29.9 Å². The van der Waals surface area contributed by atoms with Crippen molar-refractivity contribution < 1.29 is 0 Å². The van der Waals surface area contributed by atoms with Crippen molar-refractivity contribution in [2.24, 2.45) is 0 Å². The average molecular weight is 229 g/mol. The van der Waals surface area contributed by atoms with Gasteiger partial charge in [-0.2, -0.15) is 0 Å². The number of nitrogens with two attached hydrogens (primary N) is 1. The maximum absolute atomic E-state index is 5.84. The van der Waals surface area contributed by atoms with Crippen LogP contribution in [0.3, 0.4) is 0 Å². The molecule has 0 atom stereocenters. The topological polar surface area (TPSA) is 77.6 Å². The van der Waals surface area contributed by atoms with Crippen LogP contribution in [0.25, 0.3) is 21.9 Å². The van der Waals surface area contributed by atoms with E-state index < -0.39 is 0 Å². The number of anilines is 1. The Hall–Kier alpha value is -2.08. The van der Waals surface area contributed by atoms with Crippen LogP contribution in [0.1, 0.15) is 0 Å². The molecular formula is C10H7N5S. The van der Waals surface area contributed by atoms with E-state index in [2.05, 4.69) is 19.9 Å². The molecule has 0 aliphatic carbocycles. The minimum atomic E-state index is 0.466. The number of rotatable bonds is 1. The lowest BCUT2D eigenvalue weighted by Crippen LogP contribution is -1.98. The summed E-state index contributed by atoms with van der Waals surface area (Å²) in [6.45, 7) is 0. The summed E-state index contributed by atoms with van der Waals surface area (Å²) in [5, 5.41) is 2.82. The molecule has 2 N–H and O–H groups in total. The van der Waals surface area contributed by atoms with Crippen molar-refractivity contribution in [3.63, 3.8) is 0 Å². The highest BCUT2D eigenvalue weighted by atomic mass is 32.1. The summed E-state index contributed by atoms with van der Waals surface area (Å²) in [6.07, 6.45) is 3.31. The maximum atomic E-state index is 5.84. The van der Waals surface area contributed by atoms with Gasteiger partial charge in [0.15, 0.2) is 5.82 Å². The van der Waals surface area contributed by atoms with Crippen LogP contribution in [0, 0.1) is 0 Å². The normalized spacial score (nSPS) is 10.8. The van der Waals surface area contributed by atoms with Gasteiger partial charge < -0.3 is 5.73 Å². The van der Waals surface area contributed by atoms with Crippen LogP contribution < -0.4 is 5.73 Å². The summed E-state index contributed by atoms with van der Waals surface area (Å²) in [4.78, 5) is 17.6. The molecule has 0 saturated carbocycles. The fourth-order valence-electron chi connectivity index (χ4n) is 1.39. The number of fused-ring (bicyclic) bond motifs is 1. The predicted octanol–water partition coefficient (Wildman–Crippen LogP) is 1.73. The second-order valence-corrected chi connectivity index (χ2v) is 4.04. The Balaban J connectivity index is 2.25. The third kappa shape index (κ3) is 1.40. The molecule has 0 aromatic carbocycles. The predicted molar refractivity (Wildman–Crippen MR) is 62.9 cm³/mol. The zero-order chi connectivity index (χ0) is 11.0. The maximum Gasteiger partial charge on any atom is 0.201 e.